The van der Waals surface area contributed by atoms with E-state index in [1.165, 1.54) is 0 Å². The van der Waals surface area contributed by atoms with Crippen LogP contribution < -0.4 is 0 Å². The minimum absolute atomic E-state index is 0.105. The van der Waals surface area contributed by atoms with Crippen LogP contribution in [0.5, 0.6) is 0 Å². The molecule has 0 amide bonds. The Kier molecular flexibility index (Phi) is 3.76. The first-order chi connectivity index (χ1) is 8.70. The summed E-state index contributed by atoms with van der Waals surface area (Å²) in [6, 6.07) is 3.75. The van der Waals surface area contributed by atoms with Gasteiger partial charge < -0.3 is 9.15 Å². The van der Waals surface area contributed by atoms with E-state index in [1.807, 2.05) is 12.1 Å². The van der Waals surface area contributed by atoms with Crippen LogP contribution in [-0.4, -0.2) is 27.3 Å². The van der Waals surface area contributed by atoms with E-state index in [-0.39, 0.29) is 5.82 Å². The van der Waals surface area contributed by atoms with Crippen LogP contribution in [-0.2, 0) is 24.6 Å². The number of carbonyl (C=O) groups excluding carboxylic acids is 1. The standard InChI is InChI=1S/C12H15N3O3/c1-3-17-12(16)11-13-10(15(2)14-11)7-6-9-5-4-8-18-9/h4-5,8H,3,6-7H2,1-2H3. The quantitative estimate of drug-likeness (QED) is 0.748. The van der Waals surface area contributed by atoms with Crippen molar-refractivity contribution in [2.45, 2.75) is 19.8 Å². The summed E-state index contributed by atoms with van der Waals surface area (Å²) >= 11 is 0. The van der Waals surface area contributed by atoms with Crippen LogP contribution in [0.2, 0.25) is 0 Å². The minimum atomic E-state index is -0.489. The number of hydrogen-bond donors (Lipinski definition) is 0. The molecule has 0 radical (unpaired) electrons. The second-order valence-corrected chi connectivity index (χ2v) is 3.78. The molecule has 0 unspecified atom stereocenters. The third-order valence-corrected chi connectivity index (χ3v) is 2.49. The molecule has 0 aliphatic carbocycles. The van der Waals surface area contributed by atoms with Gasteiger partial charge in [0, 0.05) is 19.9 Å². The summed E-state index contributed by atoms with van der Waals surface area (Å²) < 4.78 is 11.7. The summed E-state index contributed by atoms with van der Waals surface area (Å²) in [6.45, 7) is 2.07. The van der Waals surface area contributed by atoms with Crippen molar-refractivity contribution in [2.75, 3.05) is 6.61 Å². The van der Waals surface area contributed by atoms with Crippen molar-refractivity contribution >= 4 is 5.97 Å². The van der Waals surface area contributed by atoms with Crippen molar-refractivity contribution in [3.63, 3.8) is 0 Å². The molecule has 0 saturated carbocycles. The van der Waals surface area contributed by atoms with Gasteiger partial charge in [-0.1, -0.05) is 0 Å². The maximum Gasteiger partial charge on any atom is 0.378 e. The molecule has 0 bridgehead atoms. The highest BCUT2D eigenvalue weighted by Gasteiger charge is 2.15. The molecule has 0 aromatic carbocycles. The zero-order chi connectivity index (χ0) is 13.0. The van der Waals surface area contributed by atoms with E-state index in [2.05, 4.69) is 10.1 Å². The first kappa shape index (κ1) is 12.3. The monoisotopic (exact) mass is 249 g/mol. The van der Waals surface area contributed by atoms with E-state index in [0.717, 1.165) is 18.0 Å². The van der Waals surface area contributed by atoms with Crippen LogP contribution in [0.15, 0.2) is 22.8 Å². The number of hydrogen-bond acceptors (Lipinski definition) is 5. The third-order valence-electron chi connectivity index (χ3n) is 2.49. The van der Waals surface area contributed by atoms with Gasteiger partial charge in [-0.25, -0.2) is 9.78 Å². The van der Waals surface area contributed by atoms with Gasteiger partial charge in [0.15, 0.2) is 0 Å². The van der Waals surface area contributed by atoms with Crippen LogP contribution in [0.3, 0.4) is 0 Å². The Morgan fingerprint density at radius 3 is 3.00 bits per heavy atom. The van der Waals surface area contributed by atoms with E-state index in [4.69, 9.17) is 9.15 Å². The lowest BCUT2D eigenvalue weighted by molar-refractivity contribution is 0.0512. The number of rotatable bonds is 5. The average molecular weight is 249 g/mol. The Morgan fingerprint density at radius 2 is 2.33 bits per heavy atom. The highest BCUT2D eigenvalue weighted by atomic mass is 16.5. The highest BCUT2D eigenvalue weighted by Crippen LogP contribution is 2.06. The van der Waals surface area contributed by atoms with Crippen molar-refractivity contribution < 1.29 is 13.9 Å². The van der Waals surface area contributed by atoms with Crippen LogP contribution >= 0.6 is 0 Å². The predicted octanol–water partition coefficient (Wildman–Crippen LogP) is 1.37. The Bertz CT molecular complexity index is 517. The van der Waals surface area contributed by atoms with Crippen LogP contribution in [0.1, 0.15) is 29.1 Å². The van der Waals surface area contributed by atoms with Crippen LogP contribution in [0.25, 0.3) is 0 Å². The number of carbonyl (C=O) groups is 1. The summed E-state index contributed by atoms with van der Waals surface area (Å²) in [6.07, 6.45) is 3.02. The van der Waals surface area contributed by atoms with Gasteiger partial charge in [-0.05, 0) is 19.1 Å². The van der Waals surface area contributed by atoms with Crippen molar-refractivity contribution in [2.24, 2.45) is 7.05 Å². The molecule has 0 atom stereocenters. The normalized spacial score (nSPS) is 10.6. The Hall–Kier alpha value is -2.11. The second-order valence-electron chi connectivity index (χ2n) is 3.78. The zero-order valence-corrected chi connectivity index (χ0v) is 10.4. The first-order valence-corrected chi connectivity index (χ1v) is 5.80. The Labute approximate surface area is 105 Å². The van der Waals surface area contributed by atoms with Gasteiger partial charge in [0.05, 0.1) is 12.9 Å². The summed E-state index contributed by atoms with van der Waals surface area (Å²) in [7, 11) is 1.76. The molecular weight excluding hydrogens is 234 g/mol. The number of aryl methyl sites for hydroxylation is 3. The van der Waals surface area contributed by atoms with Crippen molar-refractivity contribution in [3.05, 3.63) is 35.8 Å². The molecule has 96 valence electrons. The van der Waals surface area contributed by atoms with Gasteiger partial charge >= 0.3 is 5.97 Å². The van der Waals surface area contributed by atoms with E-state index in [0.29, 0.717) is 13.0 Å². The van der Waals surface area contributed by atoms with Crippen LogP contribution in [0, 0.1) is 0 Å². The number of furan rings is 1. The second kappa shape index (κ2) is 5.48. The number of esters is 1. The van der Waals surface area contributed by atoms with Crippen LogP contribution in [0.4, 0.5) is 0 Å². The fourth-order valence-electron chi connectivity index (χ4n) is 1.61. The molecule has 0 aliphatic rings. The minimum Gasteiger partial charge on any atom is -0.469 e. The lowest BCUT2D eigenvalue weighted by Crippen LogP contribution is -2.07. The average Bonchev–Trinajstić information content (AvgIpc) is 2.96. The van der Waals surface area contributed by atoms with Crippen molar-refractivity contribution in [3.8, 4) is 0 Å². The van der Waals surface area contributed by atoms with E-state index < -0.39 is 5.97 Å². The Balaban J connectivity index is 2.02. The van der Waals surface area contributed by atoms with E-state index >= 15 is 0 Å². The number of ether oxygens (including phenoxy) is 1. The molecular formula is C12H15N3O3. The van der Waals surface area contributed by atoms with Crippen molar-refractivity contribution in [1.82, 2.24) is 14.8 Å². The van der Waals surface area contributed by atoms with Gasteiger partial charge in [-0.15, -0.1) is 5.10 Å². The molecule has 6 heteroatoms. The Morgan fingerprint density at radius 1 is 1.50 bits per heavy atom. The molecule has 0 aliphatic heterocycles. The molecule has 0 saturated heterocycles. The molecule has 18 heavy (non-hydrogen) atoms. The highest BCUT2D eigenvalue weighted by molar-refractivity contribution is 5.84. The third kappa shape index (κ3) is 2.77. The lowest BCUT2D eigenvalue weighted by Gasteiger charge is -1.97. The first-order valence-electron chi connectivity index (χ1n) is 5.80. The lowest BCUT2D eigenvalue weighted by atomic mass is 10.2. The predicted molar refractivity (Wildman–Crippen MR) is 63.1 cm³/mol. The van der Waals surface area contributed by atoms with Gasteiger partial charge in [-0.2, -0.15) is 0 Å². The fraction of sp³-hybridized carbons (Fsp3) is 0.417. The molecule has 0 N–H and O–H groups in total. The van der Waals surface area contributed by atoms with Gasteiger partial charge in [0.25, 0.3) is 5.82 Å². The fourth-order valence-corrected chi connectivity index (χ4v) is 1.61. The topological polar surface area (TPSA) is 70.2 Å². The zero-order valence-electron chi connectivity index (χ0n) is 10.4. The maximum atomic E-state index is 11.5. The summed E-state index contributed by atoms with van der Waals surface area (Å²) in [5, 5.41) is 4.03. The van der Waals surface area contributed by atoms with Gasteiger partial charge in [0.2, 0.25) is 0 Å². The summed E-state index contributed by atoms with van der Waals surface area (Å²) in [5.41, 5.74) is 0. The molecule has 2 aromatic rings. The van der Waals surface area contributed by atoms with Crippen molar-refractivity contribution in [1.29, 1.82) is 0 Å². The number of nitrogens with zero attached hydrogens (tertiary/aromatic N) is 3. The molecule has 2 rings (SSSR count). The molecule has 6 nitrogen and oxygen atoms in total. The molecule has 2 aromatic heterocycles. The van der Waals surface area contributed by atoms with E-state index in [9.17, 15) is 4.79 Å². The summed E-state index contributed by atoms with van der Waals surface area (Å²) in [4.78, 5) is 15.6. The molecule has 0 fully saturated rings. The molecule has 2 heterocycles. The SMILES string of the molecule is CCOC(=O)c1nc(CCc2ccco2)n(C)n1. The number of aromatic nitrogens is 3. The molecule has 0 spiro atoms. The van der Waals surface area contributed by atoms with Gasteiger partial charge in [-0.3, -0.25) is 4.68 Å². The summed E-state index contributed by atoms with van der Waals surface area (Å²) in [5.74, 6) is 1.23. The maximum absolute atomic E-state index is 11.5. The smallest absolute Gasteiger partial charge is 0.378 e. The van der Waals surface area contributed by atoms with Gasteiger partial charge in [0.1, 0.15) is 11.6 Å². The largest absolute Gasteiger partial charge is 0.469 e. The van der Waals surface area contributed by atoms with E-state index in [1.54, 1.807) is 24.9 Å².